The number of pyridine rings is 2. The van der Waals surface area contributed by atoms with Gasteiger partial charge in [-0.25, -0.2) is 14.1 Å². The van der Waals surface area contributed by atoms with Crippen LogP contribution < -0.4 is 11.1 Å². The number of rotatable bonds is 10. The van der Waals surface area contributed by atoms with Crippen LogP contribution in [0.4, 0.5) is 15.9 Å². The van der Waals surface area contributed by atoms with E-state index in [1.165, 1.54) is 23.2 Å². The molecule has 0 saturated heterocycles. The first-order chi connectivity index (χ1) is 19.0. The van der Waals surface area contributed by atoms with Crippen molar-refractivity contribution in [2.45, 2.75) is 52.4 Å². The number of ether oxygens (including phenoxy) is 1. The van der Waals surface area contributed by atoms with Crippen LogP contribution in [0, 0.1) is 12.7 Å². The summed E-state index contributed by atoms with van der Waals surface area (Å²) >= 11 is 0. The molecule has 0 unspecified atom stereocenters. The summed E-state index contributed by atoms with van der Waals surface area (Å²) in [5.74, 6) is -1.79. The number of nitrogens with two attached hydrogens (primary N) is 1. The third-order valence-electron chi connectivity index (χ3n) is 6.39. The molecule has 4 aromatic rings. The van der Waals surface area contributed by atoms with E-state index < -0.39 is 19.9 Å². The standard InChI is InChI=1S/C28H34FN7O3Si.Cu/c1-19-6-5-11-31-24(19)17-35(16-20-7-9-21(29)10-8-20)28(38)27(37)34-23-15-32-26(30)22-14-33-36(25(22)23)18-39-12-13-40(2,3)4;/h5-11,14-15H,12-13,16-18H2,1-4H3,(H2,30,32)(H,34,37);. The molecule has 3 N–H and O–H groups in total. The minimum absolute atomic E-state index is 0. The second-order valence-corrected chi connectivity index (χ2v) is 16.4. The third kappa shape index (κ3) is 8.43. The van der Waals surface area contributed by atoms with E-state index >= 15 is 0 Å². The zero-order valence-corrected chi connectivity index (χ0v) is 25.4. The third-order valence-corrected chi connectivity index (χ3v) is 8.09. The maximum Gasteiger partial charge on any atom is 0.314 e. The molecule has 0 aliphatic carbocycles. The molecule has 0 aliphatic heterocycles. The van der Waals surface area contributed by atoms with Gasteiger partial charge >= 0.3 is 11.8 Å². The van der Waals surface area contributed by atoms with Crippen LogP contribution in [0.15, 0.2) is 55.0 Å². The van der Waals surface area contributed by atoms with Gasteiger partial charge in [-0.05, 0) is 42.3 Å². The van der Waals surface area contributed by atoms with Crippen molar-refractivity contribution < 1.29 is 35.8 Å². The first kappa shape index (κ1) is 31.9. The summed E-state index contributed by atoms with van der Waals surface area (Å²) in [6.45, 7) is 9.61. The number of fused-ring (bicyclic) bond motifs is 1. The number of halogens is 1. The number of nitrogens with one attached hydrogen (secondary N) is 1. The summed E-state index contributed by atoms with van der Waals surface area (Å²) in [5.41, 5.74) is 9.05. The van der Waals surface area contributed by atoms with Gasteiger partial charge in [0.25, 0.3) is 0 Å². The van der Waals surface area contributed by atoms with Crippen LogP contribution in [0.1, 0.15) is 16.8 Å². The Labute approximate surface area is 250 Å². The van der Waals surface area contributed by atoms with Gasteiger partial charge in [0, 0.05) is 44.5 Å². The van der Waals surface area contributed by atoms with E-state index in [-0.39, 0.29) is 54.2 Å². The molecular weight excluding hydrogens is 593 g/mol. The van der Waals surface area contributed by atoms with Crippen LogP contribution in [0.3, 0.4) is 0 Å². The Morgan fingerprint density at radius 2 is 1.83 bits per heavy atom. The first-order valence-corrected chi connectivity index (χ1v) is 16.7. The van der Waals surface area contributed by atoms with Crippen LogP contribution in [-0.2, 0) is 51.2 Å². The van der Waals surface area contributed by atoms with Crippen molar-refractivity contribution >= 4 is 42.3 Å². The van der Waals surface area contributed by atoms with E-state index in [0.717, 1.165) is 11.6 Å². The van der Waals surface area contributed by atoms with E-state index in [1.54, 1.807) is 35.3 Å². The molecule has 10 nitrogen and oxygen atoms in total. The normalized spacial score (nSPS) is 11.2. The van der Waals surface area contributed by atoms with Crippen molar-refractivity contribution in [2.24, 2.45) is 0 Å². The van der Waals surface area contributed by atoms with E-state index in [2.05, 4.69) is 40.0 Å². The number of carbonyl (C=O) groups is 2. The van der Waals surface area contributed by atoms with Crippen molar-refractivity contribution in [2.75, 3.05) is 17.7 Å². The van der Waals surface area contributed by atoms with Gasteiger partial charge in [-0.2, -0.15) is 5.10 Å². The van der Waals surface area contributed by atoms with Gasteiger partial charge in [0.1, 0.15) is 18.4 Å². The quantitative estimate of drug-likeness (QED) is 0.152. The molecule has 1 radical (unpaired) electrons. The molecule has 0 aliphatic rings. The fourth-order valence-electron chi connectivity index (χ4n) is 4.03. The van der Waals surface area contributed by atoms with Crippen molar-refractivity contribution in [3.05, 3.63) is 77.6 Å². The fourth-order valence-corrected chi connectivity index (χ4v) is 4.79. The molecule has 3 heterocycles. The van der Waals surface area contributed by atoms with Gasteiger partial charge in [-0.1, -0.05) is 37.8 Å². The smallest absolute Gasteiger partial charge is 0.314 e. The predicted molar refractivity (Wildman–Crippen MR) is 154 cm³/mol. The Balaban J connectivity index is 0.00000462. The minimum Gasteiger partial charge on any atom is -0.383 e. The molecule has 0 fully saturated rings. The molecule has 4 rings (SSSR count). The van der Waals surface area contributed by atoms with Gasteiger partial charge < -0.3 is 20.7 Å². The molecule has 0 spiro atoms. The second-order valence-electron chi connectivity index (χ2n) is 10.8. The number of aryl methyl sites for hydroxylation is 1. The number of amides is 2. The number of hydrogen-bond acceptors (Lipinski definition) is 7. The SMILES string of the molecule is Cc1cccnc1CN(Cc1ccc(F)cc1)C(=O)C(=O)Nc1cnc(N)c2cnn(COCC[Si](C)(C)C)c12.[Cu]. The first-order valence-electron chi connectivity index (χ1n) is 12.9. The topological polar surface area (TPSA) is 128 Å². The van der Waals surface area contributed by atoms with E-state index in [0.29, 0.717) is 28.8 Å². The molecule has 41 heavy (non-hydrogen) atoms. The van der Waals surface area contributed by atoms with Crippen LogP contribution in [0.25, 0.3) is 10.9 Å². The minimum atomic E-state index is -1.27. The number of nitrogen functional groups attached to an aromatic ring is 1. The molecule has 3 aromatic heterocycles. The van der Waals surface area contributed by atoms with Crippen molar-refractivity contribution in [3.63, 3.8) is 0 Å². The Hall–Kier alpha value is -3.64. The van der Waals surface area contributed by atoms with Gasteiger partial charge in [-0.3, -0.25) is 14.6 Å². The number of hydrogen-bond donors (Lipinski definition) is 2. The summed E-state index contributed by atoms with van der Waals surface area (Å²) in [6, 6.07) is 10.5. The molecule has 13 heteroatoms. The monoisotopic (exact) mass is 626 g/mol. The number of anilines is 2. The average molecular weight is 627 g/mol. The van der Waals surface area contributed by atoms with Crippen molar-refractivity contribution in [1.29, 1.82) is 0 Å². The average Bonchev–Trinajstić information content (AvgIpc) is 3.34. The number of benzene rings is 1. The largest absolute Gasteiger partial charge is 0.383 e. The van der Waals surface area contributed by atoms with Crippen molar-refractivity contribution in [3.8, 4) is 0 Å². The second kappa shape index (κ2) is 13.8. The number of carbonyl (C=O) groups excluding carboxylic acids is 2. The van der Waals surface area contributed by atoms with Crippen molar-refractivity contribution in [1.82, 2.24) is 24.6 Å². The van der Waals surface area contributed by atoms with E-state index in [4.69, 9.17) is 10.5 Å². The van der Waals surface area contributed by atoms with Gasteiger partial charge in [0.05, 0.1) is 41.2 Å². The summed E-state index contributed by atoms with van der Waals surface area (Å²) in [7, 11) is -1.27. The summed E-state index contributed by atoms with van der Waals surface area (Å²) in [5, 5.41) is 7.59. The van der Waals surface area contributed by atoms with E-state index in [9.17, 15) is 14.0 Å². The van der Waals surface area contributed by atoms with Crippen LogP contribution in [-0.4, -0.2) is 51.1 Å². The Morgan fingerprint density at radius 3 is 2.51 bits per heavy atom. The molecule has 1 aromatic carbocycles. The molecular formula is C28H34CuFN7O3Si. The Morgan fingerprint density at radius 1 is 1.10 bits per heavy atom. The fraction of sp³-hybridized carbons (Fsp3) is 0.321. The summed E-state index contributed by atoms with van der Waals surface area (Å²) in [4.78, 5) is 36.7. The Bertz CT molecular complexity index is 1510. The number of aromatic nitrogens is 4. The molecule has 0 bridgehead atoms. The molecule has 0 atom stereocenters. The Kier molecular flexibility index (Phi) is 10.7. The van der Waals surface area contributed by atoms with Crippen LogP contribution in [0.2, 0.25) is 25.7 Å². The van der Waals surface area contributed by atoms with Gasteiger partial charge in [-0.15, -0.1) is 0 Å². The maximum absolute atomic E-state index is 13.5. The molecule has 0 saturated carbocycles. The molecule has 221 valence electrons. The van der Waals surface area contributed by atoms with Gasteiger partial charge in [0.15, 0.2) is 0 Å². The van der Waals surface area contributed by atoms with Gasteiger partial charge in [0.2, 0.25) is 0 Å². The predicted octanol–water partition coefficient (Wildman–Crippen LogP) is 4.33. The van der Waals surface area contributed by atoms with Crippen LogP contribution in [0.5, 0.6) is 0 Å². The maximum atomic E-state index is 13.5. The zero-order chi connectivity index (χ0) is 28.9. The summed E-state index contributed by atoms with van der Waals surface area (Å²) < 4.78 is 20.9. The van der Waals surface area contributed by atoms with Crippen LogP contribution >= 0.6 is 0 Å². The van der Waals surface area contributed by atoms with E-state index in [1.807, 2.05) is 13.0 Å². The molecule has 2 amide bonds. The number of nitrogens with zero attached hydrogens (tertiary/aromatic N) is 5. The zero-order valence-electron chi connectivity index (χ0n) is 23.4. The summed E-state index contributed by atoms with van der Waals surface area (Å²) in [6.07, 6.45) is 4.59.